The third kappa shape index (κ3) is 3.37. The molecule has 1 aromatic heterocycles. The van der Waals surface area contributed by atoms with Gasteiger partial charge in [0.25, 0.3) is 11.2 Å². The van der Waals surface area contributed by atoms with Gasteiger partial charge in [0.2, 0.25) is 0 Å². The number of hydrogen-bond acceptors (Lipinski definition) is 4. The Hall–Kier alpha value is -3.80. The number of hydrogen-bond donors (Lipinski definition) is 0. The summed E-state index contributed by atoms with van der Waals surface area (Å²) in [6.45, 7) is 5.91. The van der Waals surface area contributed by atoms with E-state index in [1.807, 2.05) is 36.4 Å². The van der Waals surface area contributed by atoms with Gasteiger partial charge < -0.3 is 0 Å². The highest BCUT2D eigenvalue weighted by Gasteiger charge is 2.17. The molecule has 0 saturated heterocycles. The Morgan fingerprint density at radius 2 is 1.70 bits per heavy atom. The van der Waals surface area contributed by atoms with Crippen molar-refractivity contribution in [2.45, 2.75) is 26.7 Å². The molecule has 0 fully saturated rings. The van der Waals surface area contributed by atoms with Crippen LogP contribution < -0.4 is 5.56 Å². The molecule has 0 N–H and O–H groups in total. The fraction of sp³-hybridized carbons (Fsp3) is 0.167. The van der Waals surface area contributed by atoms with Gasteiger partial charge in [-0.15, -0.1) is 0 Å². The summed E-state index contributed by atoms with van der Waals surface area (Å²) in [4.78, 5) is 29.0. The van der Waals surface area contributed by atoms with Gasteiger partial charge in [0, 0.05) is 17.2 Å². The number of benzene rings is 3. The number of aromatic nitrogens is 2. The summed E-state index contributed by atoms with van der Waals surface area (Å²) in [5.74, 6) is 0.830. The fourth-order valence-corrected chi connectivity index (χ4v) is 3.57. The topological polar surface area (TPSA) is 78.0 Å². The molecule has 6 heteroatoms. The summed E-state index contributed by atoms with van der Waals surface area (Å²) in [6, 6.07) is 19.8. The first kappa shape index (κ1) is 19.5. The third-order valence-electron chi connectivity index (χ3n) is 5.25. The quantitative estimate of drug-likeness (QED) is 0.340. The van der Waals surface area contributed by atoms with Crippen molar-refractivity contribution < 1.29 is 4.92 Å². The molecule has 150 valence electrons. The van der Waals surface area contributed by atoms with E-state index < -0.39 is 4.92 Å². The van der Waals surface area contributed by atoms with E-state index in [1.54, 1.807) is 35.8 Å². The van der Waals surface area contributed by atoms with E-state index in [0.29, 0.717) is 39.5 Å². The van der Waals surface area contributed by atoms with E-state index in [0.717, 1.165) is 0 Å². The average Bonchev–Trinajstić information content (AvgIpc) is 2.73. The number of rotatable bonds is 4. The molecule has 0 unspecified atom stereocenters. The van der Waals surface area contributed by atoms with Crippen molar-refractivity contribution in [3.63, 3.8) is 0 Å². The lowest BCUT2D eigenvalue weighted by Crippen LogP contribution is -2.22. The van der Waals surface area contributed by atoms with Crippen LogP contribution >= 0.6 is 0 Å². The van der Waals surface area contributed by atoms with Crippen LogP contribution in [-0.4, -0.2) is 14.5 Å². The molecule has 0 amide bonds. The summed E-state index contributed by atoms with van der Waals surface area (Å²) in [5.41, 5.74) is 3.49. The highest BCUT2D eigenvalue weighted by molar-refractivity contribution is 5.80. The van der Waals surface area contributed by atoms with Gasteiger partial charge >= 0.3 is 0 Å². The Bertz CT molecular complexity index is 1320. The number of para-hydroxylation sites is 1. The highest BCUT2D eigenvalue weighted by Crippen LogP contribution is 2.27. The maximum atomic E-state index is 13.4. The van der Waals surface area contributed by atoms with Gasteiger partial charge in [-0.25, -0.2) is 4.98 Å². The molecule has 1 heterocycles. The second-order valence-corrected chi connectivity index (χ2v) is 7.60. The molecule has 0 aliphatic carbocycles. The SMILES string of the molecule is Cc1cc(-c2nc3ccccc3c(=O)n2-c2ccc(C(C)C)cc2)ccc1[N+](=O)[O-]. The van der Waals surface area contributed by atoms with Crippen LogP contribution in [0.25, 0.3) is 28.0 Å². The number of nitro groups is 1. The van der Waals surface area contributed by atoms with E-state index in [2.05, 4.69) is 13.8 Å². The Labute approximate surface area is 173 Å². The summed E-state index contributed by atoms with van der Waals surface area (Å²) in [5, 5.41) is 11.7. The van der Waals surface area contributed by atoms with Gasteiger partial charge in [0.1, 0.15) is 5.82 Å². The number of fused-ring (bicyclic) bond motifs is 1. The Balaban J connectivity index is 2.01. The van der Waals surface area contributed by atoms with Crippen molar-refractivity contribution >= 4 is 16.6 Å². The lowest BCUT2D eigenvalue weighted by Gasteiger charge is -2.15. The minimum atomic E-state index is -0.412. The largest absolute Gasteiger partial charge is 0.272 e. The molecule has 6 nitrogen and oxygen atoms in total. The predicted molar refractivity (Wildman–Crippen MR) is 118 cm³/mol. The lowest BCUT2D eigenvalue weighted by molar-refractivity contribution is -0.385. The molecular weight excluding hydrogens is 378 g/mol. The first-order valence-electron chi connectivity index (χ1n) is 9.74. The number of nitro benzene ring substituents is 1. The molecule has 30 heavy (non-hydrogen) atoms. The normalized spacial score (nSPS) is 11.2. The van der Waals surface area contributed by atoms with Gasteiger partial charge in [-0.05, 0) is 54.8 Å². The van der Waals surface area contributed by atoms with Crippen LogP contribution in [0, 0.1) is 17.0 Å². The van der Waals surface area contributed by atoms with Crippen LogP contribution in [-0.2, 0) is 0 Å². The van der Waals surface area contributed by atoms with Crippen LogP contribution in [0.1, 0.15) is 30.9 Å². The summed E-state index contributed by atoms with van der Waals surface area (Å²) < 4.78 is 1.58. The number of aryl methyl sites for hydroxylation is 1. The average molecular weight is 399 g/mol. The maximum absolute atomic E-state index is 13.4. The van der Waals surface area contributed by atoms with Crippen LogP contribution in [0.4, 0.5) is 5.69 Å². The van der Waals surface area contributed by atoms with E-state index in [1.165, 1.54) is 11.6 Å². The smallest absolute Gasteiger partial charge is 0.268 e. The number of nitrogens with zero attached hydrogens (tertiary/aromatic N) is 3. The summed E-state index contributed by atoms with van der Waals surface area (Å²) >= 11 is 0. The van der Waals surface area contributed by atoms with Crippen molar-refractivity contribution in [3.8, 4) is 17.1 Å². The zero-order valence-corrected chi connectivity index (χ0v) is 17.0. The molecule has 0 bridgehead atoms. The van der Waals surface area contributed by atoms with E-state index in [-0.39, 0.29) is 11.2 Å². The van der Waals surface area contributed by atoms with E-state index in [4.69, 9.17) is 4.98 Å². The third-order valence-corrected chi connectivity index (χ3v) is 5.25. The minimum Gasteiger partial charge on any atom is -0.268 e. The predicted octanol–water partition coefficient (Wildman–Crippen LogP) is 5.39. The Morgan fingerprint density at radius 3 is 2.33 bits per heavy atom. The molecule has 0 atom stereocenters. The summed E-state index contributed by atoms with van der Waals surface area (Å²) in [7, 11) is 0. The zero-order chi connectivity index (χ0) is 21.4. The second kappa shape index (κ2) is 7.55. The van der Waals surface area contributed by atoms with Crippen molar-refractivity contribution in [2.75, 3.05) is 0 Å². The fourth-order valence-electron chi connectivity index (χ4n) is 3.57. The molecule has 0 spiro atoms. The van der Waals surface area contributed by atoms with Crippen LogP contribution in [0.5, 0.6) is 0 Å². The molecule has 3 aromatic carbocycles. The van der Waals surface area contributed by atoms with Gasteiger partial charge in [-0.3, -0.25) is 19.5 Å². The van der Waals surface area contributed by atoms with Gasteiger partial charge in [0.05, 0.1) is 21.5 Å². The molecular formula is C24H21N3O3. The first-order chi connectivity index (χ1) is 14.4. The molecule has 0 radical (unpaired) electrons. The second-order valence-electron chi connectivity index (χ2n) is 7.60. The van der Waals surface area contributed by atoms with Gasteiger partial charge in [-0.1, -0.05) is 38.1 Å². The van der Waals surface area contributed by atoms with Crippen molar-refractivity contribution in [1.29, 1.82) is 0 Å². The molecule has 4 aromatic rings. The highest BCUT2D eigenvalue weighted by atomic mass is 16.6. The molecule has 0 aliphatic rings. The molecule has 4 rings (SSSR count). The van der Waals surface area contributed by atoms with Crippen LogP contribution in [0.3, 0.4) is 0 Å². The first-order valence-corrected chi connectivity index (χ1v) is 9.74. The molecule has 0 saturated carbocycles. The van der Waals surface area contributed by atoms with Crippen molar-refractivity contribution in [1.82, 2.24) is 9.55 Å². The lowest BCUT2D eigenvalue weighted by atomic mass is 10.0. The van der Waals surface area contributed by atoms with Crippen LogP contribution in [0.2, 0.25) is 0 Å². The minimum absolute atomic E-state index is 0.0368. The summed E-state index contributed by atoms with van der Waals surface area (Å²) in [6.07, 6.45) is 0. The standard InChI is InChI=1S/C24H21N3O3/c1-15(2)17-8-11-19(12-9-17)26-23(18-10-13-22(27(29)30)16(3)14-18)25-21-7-5-4-6-20(21)24(26)28/h4-15H,1-3H3. The van der Waals surface area contributed by atoms with Gasteiger partial charge in [0.15, 0.2) is 0 Å². The van der Waals surface area contributed by atoms with E-state index >= 15 is 0 Å². The Morgan fingerprint density at radius 1 is 1.00 bits per heavy atom. The molecule has 0 aliphatic heterocycles. The van der Waals surface area contributed by atoms with Crippen molar-refractivity contribution in [3.05, 3.63) is 98.3 Å². The Kier molecular flexibility index (Phi) is 4.91. The maximum Gasteiger partial charge on any atom is 0.272 e. The monoisotopic (exact) mass is 399 g/mol. The zero-order valence-electron chi connectivity index (χ0n) is 17.0. The van der Waals surface area contributed by atoms with Gasteiger partial charge in [-0.2, -0.15) is 0 Å². The van der Waals surface area contributed by atoms with Crippen LogP contribution in [0.15, 0.2) is 71.5 Å². The van der Waals surface area contributed by atoms with Crippen molar-refractivity contribution in [2.24, 2.45) is 0 Å². The van der Waals surface area contributed by atoms with E-state index in [9.17, 15) is 14.9 Å².